The molecule has 0 radical (unpaired) electrons. The zero-order chi connectivity index (χ0) is 15.5. The van der Waals surface area contributed by atoms with E-state index in [1.54, 1.807) is 19.1 Å². The van der Waals surface area contributed by atoms with Crippen LogP contribution in [0, 0.1) is 5.82 Å². The van der Waals surface area contributed by atoms with E-state index >= 15 is 0 Å². The number of nitrogens with two attached hydrogens (primary N) is 1. The molecular weight excluding hydrogens is 275 g/mol. The van der Waals surface area contributed by atoms with Crippen LogP contribution in [0.2, 0.25) is 0 Å². The Morgan fingerprint density at radius 1 is 1.48 bits per heavy atom. The molecule has 1 amide bonds. The second-order valence-electron chi connectivity index (χ2n) is 5.36. The maximum Gasteiger partial charge on any atom is 0.240 e. The Morgan fingerprint density at radius 3 is 2.71 bits per heavy atom. The molecule has 1 fully saturated rings. The van der Waals surface area contributed by atoms with E-state index in [4.69, 9.17) is 15.2 Å². The van der Waals surface area contributed by atoms with Gasteiger partial charge in [-0.25, -0.2) is 4.39 Å². The number of hydrogen-bond acceptors (Lipinski definition) is 4. The average molecular weight is 296 g/mol. The van der Waals surface area contributed by atoms with Gasteiger partial charge >= 0.3 is 0 Å². The number of amides is 1. The smallest absolute Gasteiger partial charge is 0.240 e. The molecule has 1 aromatic rings. The minimum Gasteiger partial charge on any atom is -0.494 e. The molecular formula is C15H21FN2O3. The highest BCUT2D eigenvalue weighted by Gasteiger charge is 2.36. The third-order valence-corrected chi connectivity index (χ3v) is 3.86. The van der Waals surface area contributed by atoms with Gasteiger partial charge in [0.25, 0.3) is 0 Å². The van der Waals surface area contributed by atoms with Crippen molar-refractivity contribution in [1.82, 2.24) is 5.32 Å². The minimum absolute atomic E-state index is 0.178. The molecule has 6 heteroatoms. The molecule has 0 spiro atoms. The molecule has 116 valence electrons. The molecule has 5 nitrogen and oxygen atoms in total. The summed E-state index contributed by atoms with van der Waals surface area (Å²) < 4.78 is 23.8. The maximum atomic E-state index is 13.7. The molecule has 0 bridgehead atoms. The molecule has 2 rings (SSSR count). The summed E-state index contributed by atoms with van der Waals surface area (Å²) >= 11 is 0. The fourth-order valence-corrected chi connectivity index (χ4v) is 2.34. The Balaban J connectivity index is 2.05. The molecule has 0 saturated carbocycles. The lowest BCUT2D eigenvalue weighted by Crippen LogP contribution is -2.57. The van der Waals surface area contributed by atoms with Crippen molar-refractivity contribution in [3.05, 3.63) is 29.6 Å². The van der Waals surface area contributed by atoms with E-state index in [1.807, 2.05) is 0 Å². The Bertz CT molecular complexity index is 516. The van der Waals surface area contributed by atoms with Crippen molar-refractivity contribution < 1.29 is 18.7 Å². The molecule has 0 aliphatic carbocycles. The first-order chi connectivity index (χ1) is 9.96. The monoisotopic (exact) mass is 296 g/mol. The van der Waals surface area contributed by atoms with Gasteiger partial charge in [0.05, 0.1) is 18.7 Å². The molecule has 1 atom stereocenters. The summed E-state index contributed by atoms with van der Waals surface area (Å²) in [5.74, 6) is -0.504. The molecule has 1 unspecified atom stereocenters. The Kier molecular flexibility index (Phi) is 4.80. The van der Waals surface area contributed by atoms with E-state index in [2.05, 4.69) is 5.32 Å². The third-order valence-electron chi connectivity index (χ3n) is 3.86. The molecule has 1 aromatic carbocycles. The average Bonchev–Trinajstić information content (AvgIpc) is 2.47. The van der Waals surface area contributed by atoms with Crippen LogP contribution in [0.1, 0.15) is 31.4 Å². The minimum atomic E-state index is -0.905. The van der Waals surface area contributed by atoms with Crippen LogP contribution >= 0.6 is 0 Å². The summed E-state index contributed by atoms with van der Waals surface area (Å²) in [6.07, 6.45) is 0.977. The summed E-state index contributed by atoms with van der Waals surface area (Å²) in [4.78, 5) is 12.3. The largest absolute Gasteiger partial charge is 0.494 e. The van der Waals surface area contributed by atoms with Crippen molar-refractivity contribution in [2.75, 3.05) is 20.3 Å². The van der Waals surface area contributed by atoms with Crippen LogP contribution in [-0.4, -0.2) is 31.8 Å². The van der Waals surface area contributed by atoms with E-state index in [9.17, 15) is 9.18 Å². The standard InChI is InChI=1S/C15H21FN2O3/c1-10(11-3-4-13(20-2)12(16)9-11)18-14(19)15(17)5-7-21-8-6-15/h3-4,9-10H,5-8,17H2,1-2H3,(H,18,19). The normalized spacial score (nSPS) is 18.9. The molecule has 1 saturated heterocycles. The second kappa shape index (κ2) is 6.41. The quantitative estimate of drug-likeness (QED) is 0.883. The van der Waals surface area contributed by atoms with Gasteiger partial charge in [0, 0.05) is 13.2 Å². The van der Waals surface area contributed by atoms with E-state index < -0.39 is 11.4 Å². The number of nitrogens with one attached hydrogen (secondary N) is 1. The van der Waals surface area contributed by atoms with E-state index in [0.29, 0.717) is 31.6 Å². The van der Waals surface area contributed by atoms with Crippen molar-refractivity contribution in [2.45, 2.75) is 31.3 Å². The first-order valence-electron chi connectivity index (χ1n) is 6.97. The number of rotatable bonds is 4. The maximum absolute atomic E-state index is 13.7. The lowest BCUT2D eigenvalue weighted by molar-refractivity contribution is -0.130. The predicted molar refractivity (Wildman–Crippen MR) is 76.5 cm³/mol. The first-order valence-corrected chi connectivity index (χ1v) is 6.97. The highest BCUT2D eigenvalue weighted by atomic mass is 19.1. The number of benzene rings is 1. The van der Waals surface area contributed by atoms with Crippen LogP contribution in [0.3, 0.4) is 0 Å². The Morgan fingerprint density at radius 2 is 2.14 bits per heavy atom. The van der Waals surface area contributed by atoms with Crippen molar-refractivity contribution in [3.8, 4) is 5.75 Å². The van der Waals surface area contributed by atoms with Crippen molar-refractivity contribution in [1.29, 1.82) is 0 Å². The predicted octanol–water partition coefficient (Wildman–Crippen LogP) is 1.52. The molecule has 1 aliphatic heterocycles. The van der Waals surface area contributed by atoms with Gasteiger partial charge in [-0.05, 0) is 37.5 Å². The van der Waals surface area contributed by atoms with E-state index in [-0.39, 0.29) is 17.7 Å². The molecule has 0 aromatic heterocycles. The number of hydrogen-bond donors (Lipinski definition) is 2. The summed E-state index contributed by atoms with van der Waals surface area (Å²) in [5, 5.41) is 2.84. The number of ether oxygens (including phenoxy) is 2. The third kappa shape index (κ3) is 3.51. The zero-order valence-electron chi connectivity index (χ0n) is 12.3. The molecule has 1 aliphatic rings. The van der Waals surface area contributed by atoms with E-state index in [0.717, 1.165) is 0 Å². The fourth-order valence-electron chi connectivity index (χ4n) is 2.34. The van der Waals surface area contributed by atoms with Crippen LogP contribution in [-0.2, 0) is 9.53 Å². The Hall–Kier alpha value is -1.66. The highest BCUT2D eigenvalue weighted by molar-refractivity contribution is 5.86. The van der Waals surface area contributed by atoms with E-state index in [1.165, 1.54) is 13.2 Å². The summed E-state index contributed by atoms with van der Waals surface area (Å²) in [5.41, 5.74) is 5.88. The lowest BCUT2D eigenvalue weighted by atomic mass is 9.90. The van der Waals surface area contributed by atoms with Crippen LogP contribution in [0.5, 0.6) is 5.75 Å². The SMILES string of the molecule is COc1ccc(C(C)NC(=O)C2(N)CCOCC2)cc1F. The van der Waals surface area contributed by atoms with Gasteiger partial charge < -0.3 is 20.5 Å². The first kappa shape index (κ1) is 15.7. The molecule has 3 N–H and O–H groups in total. The van der Waals surface area contributed by atoms with Crippen molar-refractivity contribution in [3.63, 3.8) is 0 Å². The van der Waals surface area contributed by atoms with Gasteiger partial charge in [0.15, 0.2) is 11.6 Å². The van der Waals surface area contributed by atoms with Crippen LogP contribution in [0.15, 0.2) is 18.2 Å². The summed E-state index contributed by atoms with van der Waals surface area (Å²) in [7, 11) is 1.41. The summed E-state index contributed by atoms with van der Waals surface area (Å²) in [6.45, 7) is 2.76. The fraction of sp³-hybridized carbons (Fsp3) is 0.533. The van der Waals surface area contributed by atoms with Gasteiger partial charge in [0.2, 0.25) is 5.91 Å². The Labute approximate surface area is 123 Å². The van der Waals surface area contributed by atoms with Crippen molar-refractivity contribution in [2.24, 2.45) is 5.73 Å². The van der Waals surface area contributed by atoms with Crippen LogP contribution in [0.25, 0.3) is 0 Å². The topological polar surface area (TPSA) is 73.6 Å². The van der Waals surface area contributed by atoms with Crippen LogP contribution in [0.4, 0.5) is 4.39 Å². The molecule has 21 heavy (non-hydrogen) atoms. The van der Waals surface area contributed by atoms with Gasteiger partial charge in [-0.15, -0.1) is 0 Å². The van der Waals surface area contributed by atoms with Gasteiger partial charge in [-0.1, -0.05) is 6.07 Å². The van der Waals surface area contributed by atoms with Gasteiger partial charge in [0.1, 0.15) is 0 Å². The lowest BCUT2D eigenvalue weighted by Gasteiger charge is -2.33. The van der Waals surface area contributed by atoms with Gasteiger partial charge in [-0.3, -0.25) is 4.79 Å². The number of carbonyl (C=O) groups excluding carboxylic acids is 1. The number of carbonyl (C=O) groups is 1. The number of methoxy groups -OCH3 is 1. The van der Waals surface area contributed by atoms with Crippen LogP contribution < -0.4 is 15.8 Å². The van der Waals surface area contributed by atoms with Gasteiger partial charge in [-0.2, -0.15) is 0 Å². The van der Waals surface area contributed by atoms with Crippen molar-refractivity contribution >= 4 is 5.91 Å². The number of halogens is 1. The zero-order valence-corrected chi connectivity index (χ0v) is 12.3. The molecule has 1 heterocycles. The summed E-state index contributed by atoms with van der Waals surface area (Å²) in [6, 6.07) is 4.29. The second-order valence-corrected chi connectivity index (χ2v) is 5.36. The highest BCUT2D eigenvalue weighted by Crippen LogP contribution is 2.23.